The number of hydrogen-bond acceptors (Lipinski definition) is 4. The van der Waals surface area contributed by atoms with Gasteiger partial charge in [0.2, 0.25) is 0 Å². The minimum absolute atomic E-state index is 0.0225. The molecule has 1 aliphatic carbocycles. The van der Waals surface area contributed by atoms with Crippen LogP contribution in [0.3, 0.4) is 0 Å². The van der Waals surface area contributed by atoms with Crippen molar-refractivity contribution >= 4 is 17.9 Å². The van der Waals surface area contributed by atoms with Crippen LogP contribution in [-0.4, -0.2) is 53.9 Å². The van der Waals surface area contributed by atoms with E-state index in [1.165, 1.54) is 11.1 Å². The number of carbonyl (C=O) groups is 2. The molecule has 1 aliphatic heterocycles. The van der Waals surface area contributed by atoms with E-state index in [0.717, 1.165) is 56.3 Å². The van der Waals surface area contributed by atoms with Gasteiger partial charge in [0.1, 0.15) is 6.10 Å². The van der Waals surface area contributed by atoms with Gasteiger partial charge in [-0.3, -0.25) is 9.59 Å². The number of ether oxygens (including phenoxy) is 1. The van der Waals surface area contributed by atoms with Gasteiger partial charge in [-0.2, -0.15) is 0 Å². The molecule has 2 atom stereocenters. The molecular weight excluding hydrogens is 510 g/mol. The monoisotopic (exact) mass is 551 g/mol. The fourth-order valence-electron chi connectivity index (χ4n) is 5.88. The normalized spacial score (nSPS) is 19.6. The largest absolute Gasteiger partial charge is 0.482 e. The van der Waals surface area contributed by atoms with Crippen LogP contribution in [0.25, 0.3) is 6.08 Å². The van der Waals surface area contributed by atoms with Crippen LogP contribution in [0.4, 0.5) is 0 Å². The van der Waals surface area contributed by atoms with E-state index in [1.807, 2.05) is 47.4 Å². The summed E-state index contributed by atoms with van der Waals surface area (Å²) in [4.78, 5) is 30.6. The number of rotatable bonds is 10. The lowest BCUT2D eigenvalue weighted by molar-refractivity contribution is -0.149. The molecule has 6 heteroatoms. The summed E-state index contributed by atoms with van der Waals surface area (Å²) in [6, 6.07) is 26.2. The highest BCUT2D eigenvalue weighted by molar-refractivity contribution is 5.97. The Kier molecular flexibility index (Phi) is 9.52. The number of amides is 2. The van der Waals surface area contributed by atoms with E-state index >= 15 is 0 Å². The maximum atomic E-state index is 13.6. The van der Waals surface area contributed by atoms with Gasteiger partial charge in [-0.25, -0.2) is 0 Å². The van der Waals surface area contributed by atoms with Crippen molar-refractivity contribution in [3.63, 3.8) is 0 Å². The topological polar surface area (TPSA) is 61.9 Å². The first kappa shape index (κ1) is 28.6. The van der Waals surface area contributed by atoms with Crippen LogP contribution in [0.2, 0.25) is 0 Å². The molecule has 0 radical (unpaired) electrons. The van der Waals surface area contributed by atoms with Gasteiger partial charge in [-0.05, 0) is 81.1 Å². The van der Waals surface area contributed by atoms with Gasteiger partial charge in [0.25, 0.3) is 11.8 Å². The van der Waals surface area contributed by atoms with Crippen LogP contribution in [0.15, 0.2) is 84.6 Å². The quantitative estimate of drug-likeness (QED) is 0.250. The second-order valence-electron chi connectivity index (χ2n) is 11.4. The Morgan fingerprint density at radius 3 is 2.54 bits per heavy atom. The van der Waals surface area contributed by atoms with E-state index in [0.29, 0.717) is 24.4 Å². The molecule has 2 unspecified atom stereocenters. The fraction of sp³-hybridized carbons (Fsp3) is 0.371. The maximum absolute atomic E-state index is 13.6. The van der Waals surface area contributed by atoms with Gasteiger partial charge < -0.3 is 19.9 Å². The molecule has 2 fully saturated rings. The summed E-state index contributed by atoms with van der Waals surface area (Å²) in [5.74, 6) is 0.237. The molecule has 1 N–H and O–H groups in total. The third kappa shape index (κ3) is 7.65. The Hall–Kier alpha value is -3.90. The molecule has 3 aromatic carbocycles. The average Bonchev–Trinajstić information content (AvgIpc) is 2.98. The van der Waals surface area contributed by atoms with Gasteiger partial charge in [-0.15, -0.1) is 0 Å². The minimum Gasteiger partial charge on any atom is -0.482 e. The van der Waals surface area contributed by atoms with Crippen molar-refractivity contribution in [2.24, 2.45) is 0 Å². The summed E-state index contributed by atoms with van der Waals surface area (Å²) in [6.07, 6.45) is 6.89. The van der Waals surface area contributed by atoms with Crippen LogP contribution >= 0.6 is 0 Å². The maximum Gasteiger partial charge on any atom is 0.289 e. The Bertz CT molecular complexity index is 1350. The zero-order chi connectivity index (χ0) is 28.6. The third-order valence-corrected chi connectivity index (χ3v) is 8.02. The van der Waals surface area contributed by atoms with Gasteiger partial charge in [0, 0.05) is 25.2 Å². The molecule has 0 bridgehead atoms. The Balaban J connectivity index is 1.17. The number of morpholine rings is 1. The van der Waals surface area contributed by atoms with E-state index in [1.54, 1.807) is 0 Å². The number of fused-ring (bicyclic) bond motifs is 1. The molecule has 2 aliphatic rings. The summed E-state index contributed by atoms with van der Waals surface area (Å²) < 4.78 is 6.28. The molecular formula is C35H41N3O3. The van der Waals surface area contributed by atoms with Crippen LogP contribution in [0.1, 0.15) is 64.7 Å². The van der Waals surface area contributed by atoms with Crippen molar-refractivity contribution in [3.8, 4) is 0 Å². The number of nitrogens with one attached hydrogen (secondary N) is 1. The lowest BCUT2D eigenvalue weighted by Crippen LogP contribution is -2.54. The van der Waals surface area contributed by atoms with E-state index in [-0.39, 0.29) is 24.0 Å². The molecule has 1 saturated carbocycles. The van der Waals surface area contributed by atoms with Crippen molar-refractivity contribution in [3.05, 3.63) is 112 Å². The van der Waals surface area contributed by atoms with Crippen LogP contribution in [0.5, 0.6) is 0 Å². The Labute approximate surface area is 244 Å². The van der Waals surface area contributed by atoms with Gasteiger partial charge in [-0.1, -0.05) is 78.7 Å². The van der Waals surface area contributed by atoms with Gasteiger partial charge in [0.15, 0.2) is 5.76 Å². The molecule has 0 spiro atoms. The smallest absolute Gasteiger partial charge is 0.289 e. The minimum atomic E-state index is -0.0886. The Morgan fingerprint density at radius 2 is 1.76 bits per heavy atom. The van der Waals surface area contributed by atoms with Crippen molar-refractivity contribution in [1.29, 1.82) is 0 Å². The van der Waals surface area contributed by atoms with Gasteiger partial charge in [0.05, 0.1) is 6.04 Å². The molecule has 214 valence electrons. The first-order valence-corrected chi connectivity index (χ1v) is 14.8. The molecule has 3 aromatic rings. The SMILES string of the molecule is Cc1cccc(CN2C(=O)/C(=C\c3ccc(C(=O)NCCCN(C)Cc4ccccc4)cc3)OC3CCCCC32)c1. The molecule has 5 rings (SSSR count). The third-order valence-electron chi connectivity index (χ3n) is 8.02. The molecule has 2 amide bonds. The summed E-state index contributed by atoms with van der Waals surface area (Å²) in [5, 5.41) is 3.02. The highest BCUT2D eigenvalue weighted by atomic mass is 16.5. The predicted molar refractivity (Wildman–Crippen MR) is 163 cm³/mol. The van der Waals surface area contributed by atoms with Crippen LogP contribution in [0, 0.1) is 6.92 Å². The van der Waals surface area contributed by atoms with E-state index in [4.69, 9.17) is 4.74 Å². The molecule has 0 aromatic heterocycles. The number of hydrogen-bond donors (Lipinski definition) is 1. The Morgan fingerprint density at radius 1 is 1.00 bits per heavy atom. The van der Waals surface area contributed by atoms with Gasteiger partial charge >= 0.3 is 0 Å². The van der Waals surface area contributed by atoms with E-state index in [9.17, 15) is 9.59 Å². The van der Waals surface area contributed by atoms with Crippen molar-refractivity contribution in [1.82, 2.24) is 15.1 Å². The lowest BCUT2D eigenvalue weighted by Gasteiger charge is -2.44. The first-order valence-electron chi connectivity index (χ1n) is 14.8. The average molecular weight is 552 g/mol. The molecule has 1 saturated heterocycles. The highest BCUT2D eigenvalue weighted by Gasteiger charge is 2.41. The second kappa shape index (κ2) is 13.6. The zero-order valence-corrected chi connectivity index (χ0v) is 24.2. The van der Waals surface area contributed by atoms with E-state index in [2.05, 4.69) is 66.7 Å². The zero-order valence-electron chi connectivity index (χ0n) is 24.2. The van der Waals surface area contributed by atoms with Crippen molar-refractivity contribution < 1.29 is 14.3 Å². The summed E-state index contributed by atoms with van der Waals surface area (Å²) in [5.41, 5.74) is 5.07. The van der Waals surface area contributed by atoms with E-state index < -0.39 is 0 Å². The van der Waals surface area contributed by atoms with Crippen molar-refractivity contribution in [2.45, 2.75) is 64.3 Å². The lowest BCUT2D eigenvalue weighted by atomic mass is 9.89. The molecule has 6 nitrogen and oxygen atoms in total. The van der Waals surface area contributed by atoms with Crippen LogP contribution in [-0.2, 0) is 22.6 Å². The molecule has 41 heavy (non-hydrogen) atoms. The fourth-order valence-corrected chi connectivity index (χ4v) is 5.88. The second-order valence-corrected chi connectivity index (χ2v) is 11.4. The number of benzene rings is 3. The number of nitrogens with zero attached hydrogens (tertiary/aromatic N) is 2. The summed E-state index contributed by atoms with van der Waals surface area (Å²) in [6.45, 7) is 5.08. The molecule has 1 heterocycles. The summed E-state index contributed by atoms with van der Waals surface area (Å²) in [7, 11) is 2.10. The highest BCUT2D eigenvalue weighted by Crippen LogP contribution is 2.34. The number of carbonyl (C=O) groups excluding carboxylic acids is 2. The standard InChI is InChI=1S/C35H41N3O3/c1-26-10-8-13-29(22-26)25-38-31-14-6-7-15-32(31)41-33(35(38)40)23-27-16-18-30(19-17-27)34(39)36-20-9-21-37(2)24-28-11-4-3-5-12-28/h3-5,8,10-13,16-19,22-23,31-32H,6-7,9,14-15,20-21,24-25H2,1-2H3,(H,36,39)/b33-23+. The number of aryl methyl sites for hydroxylation is 1. The first-order chi connectivity index (χ1) is 20.0. The predicted octanol–water partition coefficient (Wildman–Crippen LogP) is 5.96. The van der Waals surface area contributed by atoms with Crippen LogP contribution < -0.4 is 5.32 Å². The summed E-state index contributed by atoms with van der Waals surface area (Å²) >= 11 is 0. The van der Waals surface area contributed by atoms with Crippen molar-refractivity contribution in [2.75, 3.05) is 20.1 Å².